The van der Waals surface area contributed by atoms with Crippen LogP contribution in [0.25, 0.3) is 0 Å². The fraction of sp³-hybridized carbons (Fsp3) is 0.545. The highest BCUT2D eigenvalue weighted by Gasteiger charge is 2.37. The van der Waals surface area contributed by atoms with E-state index >= 15 is 0 Å². The molecule has 0 atom stereocenters. The number of anilines is 1. The summed E-state index contributed by atoms with van der Waals surface area (Å²) in [6, 6.07) is 2.03. The highest BCUT2D eigenvalue weighted by molar-refractivity contribution is 5.58. The highest BCUT2D eigenvalue weighted by atomic mass is 16.5. The van der Waals surface area contributed by atoms with Gasteiger partial charge in [0.25, 0.3) is 0 Å². The number of nitrogens with zero attached hydrogens (tertiary/aromatic N) is 1. The number of nitrogens with one attached hydrogen (secondary N) is 1. The summed E-state index contributed by atoms with van der Waals surface area (Å²) in [4.78, 5) is 4.20. The Kier molecular flexibility index (Phi) is 2.10. The summed E-state index contributed by atoms with van der Waals surface area (Å²) >= 11 is 0. The Morgan fingerprint density at radius 1 is 1.50 bits per heavy atom. The smallest absolute Gasteiger partial charge is 0.160 e. The minimum absolute atomic E-state index is 0.279. The molecule has 1 aliphatic rings. The van der Waals surface area contributed by atoms with Gasteiger partial charge in [0.05, 0.1) is 19.0 Å². The van der Waals surface area contributed by atoms with Gasteiger partial charge in [0, 0.05) is 11.2 Å². The summed E-state index contributed by atoms with van der Waals surface area (Å²) in [6.45, 7) is 4.21. The maximum absolute atomic E-state index is 5.25. The van der Waals surface area contributed by atoms with Crippen molar-refractivity contribution in [2.75, 3.05) is 12.4 Å². The maximum Gasteiger partial charge on any atom is 0.160 e. The van der Waals surface area contributed by atoms with Gasteiger partial charge in [-0.05, 0) is 32.8 Å². The van der Waals surface area contributed by atoms with Gasteiger partial charge in [-0.1, -0.05) is 0 Å². The minimum atomic E-state index is 0.279. The first-order valence-electron chi connectivity index (χ1n) is 4.92. The quantitative estimate of drug-likeness (QED) is 0.798. The van der Waals surface area contributed by atoms with Crippen LogP contribution in [0.2, 0.25) is 0 Å². The van der Waals surface area contributed by atoms with Crippen molar-refractivity contribution < 1.29 is 4.74 Å². The largest absolute Gasteiger partial charge is 0.493 e. The van der Waals surface area contributed by atoms with Crippen LogP contribution in [-0.4, -0.2) is 17.6 Å². The number of pyridine rings is 1. The predicted octanol–water partition coefficient (Wildman–Crippen LogP) is 2.36. The van der Waals surface area contributed by atoms with Crippen molar-refractivity contribution in [3.8, 4) is 5.75 Å². The predicted molar refractivity (Wildman–Crippen MR) is 56.8 cm³/mol. The SMILES string of the molecule is COc1cnc(C)cc1NC1(C)CC1. The van der Waals surface area contributed by atoms with Crippen molar-refractivity contribution in [2.45, 2.75) is 32.2 Å². The van der Waals surface area contributed by atoms with Gasteiger partial charge in [-0.2, -0.15) is 0 Å². The highest BCUT2D eigenvalue weighted by Crippen LogP contribution is 2.40. The molecule has 0 amide bonds. The fourth-order valence-electron chi connectivity index (χ4n) is 1.45. The maximum atomic E-state index is 5.25. The van der Waals surface area contributed by atoms with Gasteiger partial charge >= 0.3 is 0 Å². The molecule has 0 spiro atoms. The van der Waals surface area contributed by atoms with Gasteiger partial charge in [-0.15, -0.1) is 0 Å². The number of rotatable bonds is 3. The van der Waals surface area contributed by atoms with E-state index in [0.29, 0.717) is 0 Å². The molecule has 1 saturated carbocycles. The Labute approximate surface area is 84.5 Å². The van der Waals surface area contributed by atoms with E-state index in [9.17, 15) is 0 Å². The summed E-state index contributed by atoms with van der Waals surface area (Å²) < 4.78 is 5.25. The van der Waals surface area contributed by atoms with Gasteiger partial charge in [0.1, 0.15) is 0 Å². The van der Waals surface area contributed by atoms with E-state index < -0.39 is 0 Å². The Morgan fingerprint density at radius 2 is 2.21 bits per heavy atom. The Bertz CT molecular complexity index is 345. The molecule has 3 heteroatoms. The van der Waals surface area contributed by atoms with Crippen molar-refractivity contribution in [1.29, 1.82) is 0 Å². The molecule has 2 rings (SSSR count). The van der Waals surface area contributed by atoms with E-state index in [1.165, 1.54) is 12.8 Å². The molecule has 0 radical (unpaired) electrons. The van der Waals surface area contributed by atoms with Crippen LogP contribution in [0.1, 0.15) is 25.5 Å². The van der Waals surface area contributed by atoms with Crippen molar-refractivity contribution in [2.24, 2.45) is 0 Å². The van der Waals surface area contributed by atoms with Gasteiger partial charge in [0.15, 0.2) is 5.75 Å². The monoisotopic (exact) mass is 192 g/mol. The van der Waals surface area contributed by atoms with Crippen LogP contribution in [-0.2, 0) is 0 Å². The average molecular weight is 192 g/mol. The summed E-state index contributed by atoms with van der Waals surface area (Å²) in [5.41, 5.74) is 2.35. The second-order valence-corrected chi connectivity index (χ2v) is 4.21. The van der Waals surface area contributed by atoms with Crippen LogP contribution < -0.4 is 10.1 Å². The number of hydrogen-bond donors (Lipinski definition) is 1. The third-order valence-corrected chi connectivity index (χ3v) is 2.66. The summed E-state index contributed by atoms with van der Waals surface area (Å²) in [5, 5.41) is 3.49. The molecular formula is C11H16N2O. The second kappa shape index (κ2) is 3.15. The lowest BCUT2D eigenvalue weighted by Crippen LogP contribution is -2.16. The number of hydrogen-bond acceptors (Lipinski definition) is 3. The van der Waals surface area contributed by atoms with Crippen LogP contribution in [0.15, 0.2) is 12.3 Å². The molecule has 0 saturated heterocycles. The zero-order chi connectivity index (χ0) is 10.2. The molecule has 76 valence electrons. The number of aryl methyl sites for hydroxylation is 1. The van der Waals surface area contributed by atoms with Crippen LogP contribution >= 0.6 is 0 Å². The van der Waals surface area contributed by atoms with Crippen molar-refractivity contribution in [3.63, 3.8) is 0 Å². The summed E-state index contributed by atoms with van der Waals surface area (Å²) in [7, 11) is 1.67. The Balaban J connectivity index is 2.25. The normalized spacial score (nSPS) is 17.6. The average Bonchev–Trinajstić information content (AvgIpc) is 2.84. The van der Waals surface area contributed by atoms with E-state index in [2.05, 4.69) is 17.2 Å². The topological polar surface area (TPSA) is 34.1 Å². The summed E-state index contributed by atoms with van der Waals surface area (Å²) in [5.74, 6) is 0.823. The van der Waals surface area contributed by atoms with Crippen LogP contribution in [0.4, 0.5) is 5.69 Å². The molecule has 0 aromatic carbocycles. The van der Waals surface area contributed by atoms with Crippen molar-refractivity contribution in [3.05, 3.63) is 18.0 Å². The first-order valence-corrected chi connectivity index (χ1v) is 4.92. The van der Waals surface area contributed by atoms with Gasteiger partial charge in [-0.3, -0.25) is 4.98 Å². The summed E-state index contributed by atoms with van der Waals surface area (Å²) in [6.07, 6.45) is 4.23. The fourth-order valence-corrected chi connectivity index (χ4v) is 1.45. The lowest BCUT2D eigenvalue weighted by atomic mass is 10.2. The molecule has 0 unspecified atom stereocenters. The van der Waals surface area contributed by atoms with Crippen LogP contribution in [0, 0.1) is 6.92 Å². The molecular weight excluding hydrogens is 176 g/mol. The van der Waals surface area contributed by atoms with Crippen LogP contribution in [0.3, 0.4) is 0 Å². The number of methoxy groups -OCH3 is 1. The van der Waals surface area contributed by atoms with E-state index in [4.69, 9.17) is 4.74 Å². The molecule has 1 fully saturated rings. The molecule has 14 heavy (non-hydrogen) atoms. The molecule has 1 aliphatic carbocycles. The molecule has 0 aliphatic heterocycles. The van der Waals surface area contributed by atoms with Gasteiger partial charge in [-0.25, -0.2) is 0 Å². The standard InChI is InChI=1S/C11H16N2O/c1-8-6-9(10(14-3)7-12-8)13-11(2)4-5-11/h6-7H,4-5H2,1-3H3,(H,12,13). The molecule has 1 aromatic rings. The molecule has 1 aromatic heterocycles. The van der Waals surface area contributed by atoms with E-state index in [1.807, 2.05) is 13.0 Å². The second-order valence-electron chi connectivity index (χ2n) is 4.21. The van der Waals surface area contributed by atoms with Gasteiger partial charge in [0.2, 0.25) is 0 Å². The van der Waals surface area contributed by atoms with E-state index in [0.717, 1.165) is 17.1 Å². The number of aromatic nitrogens is 1. The van der Waals surface area contributed by atoms with E-state index in [-0.39, 0.29) is 5.54 Å². The molecule has 3 nitrogen and oxygen atoms in total. The lowest BCUT2D eigenvalue weighted by Gasteiger charge is -2.16. The van der Waals surface area contributed by atoms with E-state index in [1.54, 1.807) is 13.3 Å². The minimum Gasteiger partial charge on any atom is -0.493 e. The third kappa shape index (κ3) is 1.81. The third-order valence-electron chi connectivity index (χ3n) is 2.66. The molecule has 1 N–H and O–H groups in total. The lowest BCUT2D eigenvalue weighted by molar-refractivity contribution is 0.414. The molecule has 0 bridgehead atoms. The molecule has 1 heterocycles. The Hall–Kier alpha value is -1.25. The zero-order valence-electron chi connectivity index (χ0n) is 8.92. The Morgan fingerprint density at radius 3 is 2.79 bits per heavy atom. The van der Waals surface area contributed by atoms with Crippen molar-refractivity contribution in [1.82, 2.24) is 4.98 Å². The first-order chi connectivity index (χ1) is 6.63. The van der Waals surface area contributed by atoms with Gasteiger partial charge < -0.3 is 10.1 Å². The number of ether oxygens (including phenoxy) is 1. The first kappa shape index (κ1) is 9.31. The zero-order valence-corrected chi connectivity index (χ0v) is 8.92. The van der Waals surface area contributed by atoms with Crippen molar-refractivity contribution >= 4 is 5.69 Å². The van der Waals surface area contributed by atoms with Crippen LogP contribution in [0.5, 0.6) is 5.75 Å².